The minimum atomic E-state index is -3.84. The van der Waals surface area contributed by atoms with Crippen LogP contribution in [0.1, 0.15) is 11.1 Å². The average Bonchev–Trinajstić information content (AvgIpc) is 3.30. The largest absolute Gasteiger partial charge is 0.368 e. The van der Waals surface area contributed by atoms with E-state index < -0.39 is 10.0 Å². The van der Waals surface area contributed by atoms with Crippen molar-refractivity contribution in [1.82, 2.24) is 14.5 Å². The molecule has 3 rings (SSSR count). The van der Waals surface area contributed by atoms with Gasteiger partial charge in [0.05, 0.1) is 11.6 Å². The van der Waals surface area contributed by atoms with Crippen molar-refractivity contribution in [3.05, 3.63) is 75.8 Å². The zero-order chi connectivity index (χ0) is 23.3. The van der Waals surface area contributed by atoms with Gasteiger partial charge in [0.2, 0.25) is 15.9 Å². The number of benzene rings is 2. The molecule has 0 radical (unpaired) electrons. The summed E-state index contributed by atoms with van der Waals surface area (Å²) in [5, 5.41) is 3.58. The van der Waals surface area contributed by atoms with Gasteiger partial charge in [0.15, 0.2) is 0 Å². The lowest BCUT2D eigenvalue weighted by atomic mass is 10.1. The quantitative estimate of drug-likeness (QED) is 0.571. The summed E-state index contributed by atoms with van der Waals surface area (Å²) in [5.74, 6) is 0.657. The van der Waals surface area contributed by atoms with E-state index in [-0.39, 0.29) is 27.4 Å². The fraction of sp³-hybridized carbons (Fsp3) is 0.273. The first kappa shape index (κ1) is 24.3. The highest BCUT2D eigenvalue weighted by Gasteiger charge is 2.23. The molecule has 0 unspecified atom stereocenters. The van der Waals surface area contributed by atoms with Crippen LogP contribution in [-0.2, 0) is 21.4 Å². The van der Waals surface area contributed by atoms with E-state index in [1.807, 2.05) is 24.3 Å². The van der Waals surface area contributed by atoms with Crippen LogP contribution in [-0.4, -0.2) is 63.1 Å². The summed E-state index contributed by atoms with van der Waals surface area (Å²) >= 11 is 11.9. The Morgan fingerprint density at radius 1 is 1.16 bits per heavy atom. The molecule has 0 atom stereocenters. The molecule has 0 saturated heterocycles. The summed E-state index contributed by atoms with van der Waals surface area (Å²) in [6, 6.07) is 12.1. The molecule has 1 aliphatic rings. The van der Waals surface area contributed by atoms with E-state index >= 15 is 0 Å². The molecule has 0 aromatic heterocycles. The molecule has 0 spiro atoms. The van der Waals surface area contributed by atoms with Gasteiger partial charge >= 0.3 is 0 Å². The van der Waals surface area contributed by atoms with Crippen LogP contribution in [0.25, 0.3) is 0 Å². The molecule has 0 aliphatic carbocycles. The first-order valence-corrected chi connectivity index (χ1v) is 12.1. The minimum absolute atomic E-state index is 0.00850. The van der Waals surface area contributed by atoms with Crippen molar-refractivity contribution in [3.8, 4) is 0 Å². The lowest BCUT2D eigenvalue weighted by Gasteiger charge is -2.17. The molecule has 170 valence electrons. The number of hydrogen-bond donors (Lipinski definition) is 1. The Kier molecular flexibility index (Phi) is 7.95. The third kappa shape index (κ3) is 5.89. The smallest absolute Gasteiger partial charge is 0.246 e. The normalized spacial score (nSPS) is 14.0. The van der Waals surface area contributed by atoms with Crippen LogP contribution in [0.4, 0.5) is 0 Å². The Balaban J connectivity index is 1.56. The number of amidine groups is 1. The molecule has 1 N–H and O–H groups in total. The van der Waals surface area contributed by atoms with Crippen molar-refractivity contribution >= 4 is 45.0 Å². The van der Waals surface area contributed by atoms with Gasteiger partial charge in [-0.1, -0.05) is 53.5 Å². The summed E-state index contributed by atoms with van der Waals surface area (Å²) in [5.41, 5.74) is 2.00. The molecular weight excluding hydrogens is 471 g/mol. The number of amides is 1. The van der Waals surface area contributed by atoms with Crippen molar-refractivity contribution in [2.75, 3.05) is 33.7 Å². The van der Waals surface area contributed by atoms with Crippen molar-refractivity contribution in [2.24, 2.45) is 4.99 Å². The second-order valence-electron chi connectivity index (χ2n) is 7.31. The van der Waals surface area contributed by atoms with Gasteiger partial charge in [0.25, 0.3) is 0 Å². The van der Waals surface area contributed by atoms with Crippen molar-refractivity contribution < 1.29 is 13.2 Å². The minimum Gasteiger partial charge on any atom is -0.368 e. The van der Waals surface area contributed by atoms with Crippen LogP contribution in [0.15, 0.2) is 64.5 Å². The van der Waals surface area contributed by atoms with Crippen molar-refractivity contribution in [3.63, 3.8) is 0 Å². The van der Waals surface area contributed by atoms with Crippen LogP contribution in [0.5, 0.6) is 0 Å². The zero-order valence-corrected chi connectivity index (χ0v) is 20.1. The number of carbonyl (C=O) groups excluding carboxylic acids is 1. The average molecular weight is 495 g/mol. The van der Waals surface area contributed by atoms with E-state index in [9.17, 15) is 13.2 Å². The summed E-state index contributed by atoms with van der Waals surface area (Å²) in [4.78, 5) is 18.3. The molecule has 2 aromatic carbocycles. The molecule has 32 heavy (non-hydrogen) atoms. The summed E-state index contributed by atoms with van der Waals surface area (Å²) in [6.07, 6.45) is 2.86. The molecule has 7 nitrogen and oxygen atoms in total. The van der Waals surface area contributed by atoms with Gasteiger partial charge in [-0.05, 0) is 23.8 Å². The molecular formula is C22H24Cl2N4O3S. The molecule has 10 heteroatoms. The maximum absolute atomic E-state index is 12.7. The van der Waals surface area contributed by atoms with E-state index in [0.29, 0.717) is 6.54 Å². The van der Waals surface area contributed by atoms with E-state index in [0.717, 1.165) is 34.4 Å². The third-order valence-electron chi connectivity index (χ3n) is 4.90. The first-order valence-electron chi connectivity index (χ1n) is 9.89. The highest BCUT2D eigenvalue weighted by atomic mass is 35.5. The number of sulfonamides is 1. The SMILES string of the molecule is CN(Cc1ccc(C2=NCCN2)cc1)C(=O)/C=C/CN(C)S(=O)(=O)c1cc(Cl)ccc1Cl. The number of carbonyl (C=O) groups is 1. The number of likely N-dealkylation sites (N-methyl/N-ethyl adjacent to an activating group) is 2. The van der Waals surface area contributed by atoms with Crippen LogP contribution < -0.4 is 5.32 Å². The van der Waals surface area contributed by atoms with E-state index in [4.69, 9.17) is 23.2 Å². The summed E-state index contributed by atoms with van der Waals surface area (Å²) < 4.78 is 26.5. The Morgan fingerprint density at radius 3 is 2.53 bits per heavy atom. The molecule has 1 heterocycles. The predicted molar refractivity (Wildman–Crippen MR) is 128 cm³/mol. The number of rotatable bonds is 8. The Labute approximate surface area is 198 Å². The van der Waals surface area contributed by atoms with Gasteiger partial charge in [-0.15, -0.1) is 0 Å². The molecule has 1 aliphatic heterocycles. The van der Waals surface area contributed by atoms with Gasteiger partial charge in [0, 0.05) is 50.4 Å². The predicted octanol–water partition coefficient (Wildman–Crippen LogP) is 3.18. The van der Waals surface area contributed by atoms with Gasteiger partial charge in [0.1, 0.15) is 10.7 Å². The van der Waals surface area contributed by atoms with Gasteiger partial charge in [-0.25, -0.2) is 8.42 Å². The Bertz CT molecular complexity index is 1150. The number of nitrogens with zero attached hydrogens (tertiary/aromatic N) is 3. The second-order valence-corrected chi connectivity index (χ2v) is 10.2. The van der Waals surface area contributed by atoms with Gasteiger partial charge in [-0.2, -0.15) is 4.31 Å². The highest BCUT2D eigenvalue weighted by Crippen LogP contribution is 2.27. The maximum Gasteiger partial charge on any atom is 0.246 e. The highest BCUT2D eigenvalue weighted by molar-refractivity contribution is 7.89. The fourth-order valence-corrected chi connectivity index (χ4v) is 4.94. The molecule has 2 aromatic rings. The standard InChI is InChI=1S/C22H24Cl2N4O3S/c1-27(15-16-5-7-17(8-6-16)22-25-11-12-26-22)21(29)4-3-13-28(2)32(30,31)20-14-18(23)9-10-19(20)24/h3-10,14H,11-13,15H2,1-2H3,(H,25,26)/b4-3+. The number of aliphatic imine (C=N–C) groups is 1. The maximum atomic E-state index is 12.7. The zero-order valence-electron chi connectivity index (χ0n) is 17.8. The first-order chi connectivity index (χ1) is 15.2. The van der Waals surface area contributed by atoms with Crippen LogP contribution in [0, 0.1) is 0 Å². The lowest BCUT2D eigenvalue weighted by Crippen LogP contribution is -2.28. The van der Waals surface area contributed by atoms with Crippen LogP contribution in [0.3, 0.4) is 0 Å². The van der Waals surface area contributed by atoms with E-state index in [1.165, 1.54) is 37.4 Å². The van der Waals surface area contributed by atoms with E-state index in [2.05, 4.69) is 10.3 Å². The second kappa shape index (κ2) is 10.5. The number of nitrogens with one attached hydrogen (secondary N) is 1. The summed E-state index contributed by atoms with van der Waals surface area (Å²) in [6.45, 7) is 2.07. The van der Waals surface area contributed by atoms with Crippen molar-refractivity contribution in [1.29, 1.82) is 0 Å². The number of hydrogen-bond acceptors (Lipinski definition) is 5. The van der Waals surface area contributed by atoms with Gasteiger partial charge in [-0.3, -0.25) is 9.79 Å². The monoisotopic (exact) mass is 494 g/mol. The van der Waals surface area contributed by atoms with E-state index in [1.54, 1.807) is 11.9 Å². The fourth-order valence-electron chi connectivity index (χ4n) is 3.08. The lowest BCUT2D eigenvalue weighted by molar-refractivity contribution is -0.125. The van der Waals surface area contributed by atoms with Crippen LogP contribution >= 0.6 is 23.2 Å². The Morgan fingerprint density at radius 2 is 1.88 bits per heavy atom. The Hall–Kier alpha value is -2.39. The topological polar surface area (TPSA) is 82.1 Å². The molecule has 1 amide bonds. The van der Waals surface area contributed by atoms with Gasteiger partial charge < -0.3 is 10.2 Å². The number of halogens is 2. The summed E-state index contributed by atoms with van der Waals surface area (Å²) in [7, 11) is -0.741. The molecule has 0 bridgehead atoms. The van der Waals surface area contributed by atoms with Crippen LogP contribution in [0.2, 0.25) is 10.0 Å². The molecule has 0 saturated carbocycles. The van der Waals surface area contributed by atoms with Crippen molar-refractivity contribution in [2.45, 2.75) is 11.4 Å². The third-order valence-corrected chi connectivity index (χ3v) is 7.44. The molecule has 0 fully saturated rings.